The van der Waals surface area contributed by atoms with E-state index >= 15 is 0 Å². The third kappa shape index (κ3) is 2.04. The largest absolute Gasteiger partial charge is 0.293 e. The molecule has 0 N–H and O–H groups in total. The first-order chi connectivity index (χ1) is 9.05. The van der Waals surface area contributed by atoms with E-state index in [-0.39, 0.29) is 14.9 Å². The molecule has 22 heavy (non-hydrogen) atoms. The van der Waals surface area contributed by atoms with Gasteiger partial charge in [-0.3, -0.25) is 9.59 Å². The monoisotopic (exact) mass is 380 g/mol. The van der Waals surface area contributed by atoms with Crippen LogP contribution >= 0.6 is 46.4 Å². The van der Waals surface area contributed by atoms with Gasteiger partial charge in [0.15, 0.2) is 0 Å². The average Bonchev–Trinajstić information content (AvgIpc) is 2.48. The number of carbonyl (C=O) groups excluding carboxylic acids is 2. The molecule has 0 aromatic rings. The fourth-order valence-electron chi connectivity index (χ4n) is 1.61. The van der Waals surface area contributed by atoms with E-state index in [9.17, 15) is 9.59 Å². The second-order valence-electron chi connectivity index (χ2n) is 3.74. The van der Waals surface area contributed by atoms with E-state index in [1.54, 1.807) is 0 Å². The van der Waals surface area contributed by atoms with Crippen LogP contribution in [0.5, 0.6) is 0 Å². The number of rotatable bonds is 0. The zero-order valence-corrected chi connectivity index (χ0v) is 12.1. The van der Waals surface area contributed by atoms with Crippen molar-refractivity contribution in [3.05, 3.63) is 0 Å². The topological polar surface area (TPSA) is 129 Å². The molecule has 0 spiro atoms. The molecule has 6 nitrogen and oxygen atoms in total. The van der Waals surface area contributed by atoms with Crippen LogP contribution in [0.15, 0.2) is 0 Å². The Morgan fingerprint density at radius 2 is 0.727 bits per heavy atom. The number of nitriles is 4. The Bertz CT molecular complexity index is 584. The Labute approximate surface area is 147 Å². The van der Waals surface area contributed by atoms with E-state index in [1.165, 1.54) is 24.3 Å². The Balaban J connectivity index is 0. The summed E-state index contributed by atoms with van der Waals surface area (Å²) in [5.74, 6) is -3.21. The van der Waals surface area contributed by atoms with Gasteiger partial charge in [-0.1, -0.05) is 61.3 Å². The maximum absolute atomic E-state index is 12.2. The number of halogens is 4. The average molecular weight is 382 g/mol. The van der Waals surface area contributed by atoms with Crippen molar-refractivity contribution in [1.82, 2.24) is 0 Å². The van der Waals surface area contributed by atoms with Crippen molar-refractivity contribution >= 4 is 58.0 Å². The van der Waals surface area contributed by atoms with E-state index in [2.05, 4.69) is 0 Å². The Morgan fingerprint density at radius 3 is 0.818 bits per heavy atom. The lowest BCUT2D eigenvalue weighted by Crippen LogP contribution is -2.75. The smallest absolute Gasteiger partial charge is 0.230 e. The van der Waals surface area contributed by atoms with Gasteiger partial charge in [-0.15, -0.1) is 0 Å². The van der Waals surface area contributed by atoms with E-state index < -0.39 is 31.1 Å². The van der Waals surface area contributed by atoms with Crippen LogP contribution in [0.3, 0.4) is 0 Å². The second-order valence-corrected chi connectivity index (χ2v) is 6.01. The van der Waals surface area contributed by atoms with Crippen molar-refractivity contribution in [3.63, 3.8) is 0 Å². The van der Waals surface area contributed by atoms with Gasteiger partial charge in [0.05, 0.1) is 24.3 Å². The van der Waals surface area contributed by atoms with Crippen LogP contribution < -0.4 is 0 Å². The minimum atomic E-state index is -2.95. The molecule has 0 bridgehead atoms. The molecule has 1 fully saturated rings. The lowest BCUT2D eigenvalue weighted by Gasteiger charge is -2.44. The van der Waals surface area contributed by atoms with E-state index in [0.717, 1.165) is 0 Å². The number of Topliss-reactive ketones (excluding diaryl/α,β-unsaturated/α-hetero) is 2. The molecule has 0 heterocycles. The highest BCUT2D eigenvalue weighted by atomic mass is 35.5. The first-order valence-electron chi connectivity index (χ1n) is 4.56. The molecule has 10 heteroatoms. The molecule has 0 aliphatic heterocycles. The number of nitrogens with zero attached hydrogens (tertiary/aromatic N) is 4. The summed E-state index contributed by atoms with van der Waals surface area (Å²) in [5, 5.41) is 36.0. The molecule has 1 rings (SSSR count). The predicted molar refractivity (Wildman–Crippen MR) is 80.3 cm³/mol. The Morgan fingerprint density at radius 1 is 0.591 bits per heavy atom. The van der Waals surface area contributed by atoms with Crippen LogP contribution in [0.25, 0.3) is 0 Å². The molecule has 4 unspecified atom stereocenters. The molecular formula is C12H8Cl4N4O2. The molecule has 1 aliphatic rings. The van der Waals surface area contributed by atoms with E-state index in [0.29, 0.717) is 0 Å². The van der Waals surface area contributed by atoms with Gasteiger partial charge in [-0.05, 0) is 0 Å². The number of hydrogen-bond acceptors (Lipinski definition) is 6. The Kier molecular flexibility index (Phi) is 6.50. The van der Waals surface area contributed by atoms with Gasteiger partial charge in [-0.2, -0.15) is 21.0 Å². The molecule has 1 aliphatic carbocycles. The minimum absolute atomic E-state index is 0. The minimum Gasteiger partial charge on any atom is -0.293 e. The molecule has 0 aromatic heterocycles. The SMILES string of the molecule is C.C.N#CC1(Cl)C(=O)C(Cl)(C#N)C(Cl)(C#N)C(=O)C1(Cl)C#N. The molecule has 0 radical (unpaired) electrons. The highest BCUT2D eigenvalue weighted by Crippen LogP contribution is 2.53. The van der Waals surface area contributed by atoms with Crippen molar-refractivity contribution < 1.29 is 9.59 Å². The summed E-state index contributed by atoms with van der Waals surface area (Å²) in [5.41, 5.74) is 0. The number of alkyl halides is 4. The highest BCUT2D eigenvalue weighted by molar-refractivity contribution is 6.66. The summed E-state index contributed by atoms with van der Waals surface area (Å²) < 4.78 is 0. The molecule has 4 atom stereocenters. The van der Waals surface area contributed by atoms with Crippen molar-refractivity contribution in [3.8, 4) is 24.3 Å². The molecule has 0 saturated heterocycles. The standard InChI is InChI=1S/C10Cl4N4O2.2CH4/c11-7(1-15)5(19)9(13,3-17)10(14,4-18)6(20)8(7,12)2-16;;/h;2*1H4. The van der Waals surface area contributed by atoms with Gasteiger partial charge in [0.25, 0.3) is 0 Å². The van der Waals surface area contributed by atoms with Gasteiger partial charge >= 0.3 is 0 Å². The molecular weight excluding hydrogens is 374 g/mol. The summed E-state index contributed by atoms with van der Waals surface area (Å²) in [4.78, 5) is 12.6. The maximum atomic E-state index is 12.2. The van der Waals surface area contributed by atoms with Crippen molar-refractivity contribution in [2.24, 2.45) is 0 Å². The normalized spacial score (nSPS) is 39.8. The molecule has 1 saturated carbocycles. The number of hydrogen-bond donors (Lipinski definition) is 0. The fourth-order valence-corrected chi connectivity index (χ4v) is 2.79. The van der Waals surface area contributed by atoms with Crippen LogP contribution in [-0.4, -0.2) is 31.1 Å². The lowest BCUT2D eigenvalue weighted by molar-refractivity contribution is -0.134. The van der Waals surface area contributed by atoms with Gasteiger partial charge in [-0.25, -0.2) is 0 Å². The van der Waals surface area contributed by atoms with Crippen LogP contribution in [0.2, 0.25) is 0 Å². The fraction of sp³-hybridized carbons (Fsp3) is 0.500. The summed E-state index contributed by atoms with van der Waals surface area (Å²) >= 11 is 22.7. The van der Waals surface area contributed by atoms with E-state index in [1.807, 2.05) is 0 Å². The van der Waals surface area contributed by atoms with Crippen LogP contribution in [0.4, 0.5) is 0 Å². The van der Waals surface area contributed by atoms with Gasteiger partial charge in [0.2, 0.25) is 31.1 Å². The maximum Gasteiger partial charge on any atom is 0.230 e. The summed E-state index contributed by atoms with van der Waals surface area (Å²) in [6.45, 7) is 0. The van der Waals surface area contributed by atoms with Crippen LogP contribution in [0, 0.1) is 45.3 Å². The Hall–Kier alpha value is -1.54. The van der Waals surface area contributed by atoms with Crippen LogP contribution in [0.1, 0.15) is 14.9 Å². The first-order valence-corrected chi connectivity index (χ1v) is 6.07. The third-order valence-corrected chi connectivity index (χ3v) is 5.17. The van der Waals surface area contributed by atoms with Crippen molar-refractivity contribution in [2.45, 2.75) is 34.3 Å². The summed E-state index contributed by atoms with van der Waals surface area (Å²) in [6.07, 6.45) is 0. The first kappa shape index (κ1) is 22.7. The number of ketones is 2. The summed E-state index contributed by atoms with van der Waals surface area (Å²) in [6, 6.07) is 4.76. The zero-order chi connectivity index (χ0) is 16.0. The van der Waals surface area contributed by atoms with E-state index in [4.69, 9.17) is 67.5 Å². The predicted octanol–water partition coefficient (Wildman–Crippen LogP) is 2.42. The van der Waals surface area contributed by atoms with Crippen molar-refractivity contribution in [1.29, 1.82) is 21.0 Å². The van der Waals surface area contributed by atoms with Gasteiger partial charge < -0.3 is 0 Å². The highest BCUT2D eigenvalue weighted by Gasteiger charge is 2.80. The summed E-state index contributed by atoms with van der Waals surface area (Å²) in [7, 11) is 0. The molecule has 116 valence electrons. The second kappa shape index (κ2) is 6.29. The van der Waals surface area contributed by atoms with Crippen molar-refractivity contribution in [2.75, 3.05) is 0 Å². The number of carbonyl (C=O) groups is 2. The lowest BCUT2D eigenvalue weighted by atomic mass is 9.66. The van der Waals surface area contributed by atoms with Gasteiger partial charge in [0.1, 0.15) is 0 Å². The molecule has 0 aromatic carbocycles. The third-order valence-electron chi connectivity index (χ3n) is 2.82. The molecule has 0 amide bonds. The van der Waals surface area contributed by atoms with Crippen LogP contribution in [-0.2, 0) is 9.59 Å². The zero-order valence-electron chi connectivity index (χ0n) is 9.12. The van der Waals surface area contributed by atoms with Gasteiger partial charge in [0, 0.05) is 0 Å². The quantitative estimate of drug-likeness (QED) is 0.592.